The molecule has 3 rings (SSSR count). The van der Waals surface area contributed by atoms with Crippen LogP contribution in [-0.4, -0.2) is 30.3 Å². The van der Waals surface area contributed by atoms with Crippen LogP contribution in [0.2, 0.25) is 0 Å². The number of unbranched alkanes of at least 4 members (excludes halogenated alkanes) is 1. The lowest BCUT2D eigenvalue weighted by Crippen LogP contribution is -2.38. The van der Waals surface area contributed by atoms with Crippen molar-refractivity contribution in [3.63, 3.8) is 0 Å². The SMILES string of the molecule is CCCC[C@H](Sc1nc(C2CCCC2)nc2c1c(=O)n(C)c(=O)n2C)C(=O)[O-]. The molecule has 1 saturated carbocycles. The number of hydrogen-bond acceptors (Lipinski definition) is 7. The molecule has 0 amide bonds. The van der Waals surface area contributed by atoms with Crippen molar-refractivity contribution in [2.75, 3.05) is 0 Å². The van der Waals surface area contributed by atoms with Crippen LogP contribution in [0.15, 0.2) is 14.6 Å². The van der Waals surface area contributed by atoms with Gasteiger partial charge in [0.15, 0.2) is 5.65 Å². The fourth-order valence-electron chi connectivity index (χ4n) is 3.65. The Morgan fingerprint density at radius 3 is 2.50 bits per heavy atom. The molecule has 28 heavy (non-hydrogen) atoms. The third-order valence-corrected chi connectivity index (χ3v) is 6.57. The van der Waals surface area contributed by atoms with Crippen LogP contribution < -0.4 is 16.4 Å². The first-order valence-electron chi connectivity index (χ1n) is 9.70. The maximum absolute atomic E-state index is 12.8. The average molecular weight is 406 g/mol. The molecule has 9 heteroatoms. The van der Waals surface area contributed by atoms with Gasteiger partial charge in [0.05, 0.1) is 11.2 Å². The van der Waals surface area contributed by atoms with Crippen LogP contribution >= 0.6 is 11.8 Å². The number of aliphatic carboxylic acids is 1. The lowest BCUT2D eigenvalue weighted by atomic mass is 10.1. The zero-order chi connectivity index (χ0) is 20.4. The highest BCUT2D eigenvalue weighted by Crippen LogP contribution is 2.35. The molecule has 8 nitrogen and oxygen atoms in total. The van der Waals surface area contributed by atoms with E-state index < -0.39 is 22.5 Å². The minimum Gasteiger partial charge on any atom is -0.549 e. The van der Waals surface area contributed by atoms with Crippen molar-refractivity contribution >= 4 is 28.8 Å². The van der Waals surface area contributed by atoms with Gasteiger partial charge in [0.2, 0.25) is 0 Å². The lowest BCUT2D eigenvalue weighted by molar-refractivity contribution is -0.304. The summed E-state index contributed by atoms with van der Waals surface area (Å²) in [6, 6.07) is 0. The number of hydrogen-bond donors (Lipinski definition) is 0. The predicted octanol–water partition coefficient (Wildman–Crippen LogP) is 1.09. The first-order chi connectivity index (χ1) is 13.3. The number of carboxylic acid groups (broad SMARTS) is 1. The van der Waals surface area contributed by atoms with Gasteiger partial charge in [-0.2, -0.15) is 0 Å². The molecule has 0 saturated heterocycles. The quantitative estimate of drug-likeness (QED) is 0.501. The standard InChI is InChI=1S/C19H26N4O4S/c1-4-5-10-12(18(25)26)28-16-13-15(22(2)19(27)23(3)17(13)24)20-14(21-16)11-8-6-7-9-11/h11-12H,4-10H2,1-3H3,(H,25,26)/p-1/t12-/m0/s1. The van der Waals surface area contributed by atoms with Crippen molar-refractivity contribution in [3.05, 3.63) is 26.7 Å². The van der Waals surface area contributed by atoms with E-state index in [0.29, 0.717) is 17.3 Å². The zero-order valence-corrected chi connectivity index (χ0v) is 17.3. The summed E-state index contributed by atoms with van der Waals surface area (Å²) in [6.07, 6.45) is 6.10. The van der Waals surface area contributed by atoms with Crippen LogP contribution in [0.25, 0.3) is 11.0 Å². The Morgan fingerprint density at radius 2 is 1.89 bits per heavy atom. The van der Waals surface area contributed by atoms with Crippen LogP contribution in [0.4, 0.5) is 0 Å². The van der Waals surface area contributed by atoms with E-state index in [1.807, 2.05) is 6.92 Å². The van der Waals surface area contributed by atoms with E-state index in [-0.39, 0.29) is 17.0 Å². The number of rotatable bonds is 7. The minimum atomic E-state index is -1.17. The van der Waals surface area contributed by atoms with E-state index in [1.165, 1.54) is 11.6 Å². The molecule has 2 heterocycles. The van der Waals surface area contributed by atoms with Crippen LogP contribution in [0.1, 0.15) is 63.6 Å². The number of carboxylic acids is 1. The van der Waals surface area contributed by atoms with E-state index in [9.17, 15) is 19.5 Å². The van der Waals surface area contributed by atoms with Crippen molar-refractivity contribution in [2.24, 2.45) is 14.1 Å². The third kappa shape index (κ3) is 3.85. The van der Waals surface area contributed by atoms with Crippen LogP contribution in [0.3, 0.4) is 0 Å². The number of nitrogens with zero attached hydrogens (tertiary/aromatic N) is 4. The van der Waals surface area contributed by atoms with E-state index in [1.54, 1.807) is 7.05 Å². The molecule has 0 bridgehead atoms. The average Bonchev–Trinajstić information content (AvgIpc) is 3.21. The second-order valence-corrected chi connectivity index (χ2v) is 8.53. The summed E-state index contributed by atoms with van der Waals surface area (Å²) < 4.78 is 2.34. The molecule has 0 aliphatic heterocycles. The number of thioether (sulfide) groups is 1. The van der Waals surface area contributed by atoms with E-state index in [0.717, 1.165) is 54.9 Å². The van der Waals surface area contributed by atoms with E-state index in [2.05, 4.69) is 9.97 Å². The Labute approximate surface area is 167 Å². The Balaban J connectivity index is 2.21. The van der Waals surface area contributed by atoms with Crippen molar-refractivity contribution in [2.45, 2.75) is 68.1 Å². The molecule has 0 N–H and O–H groups in total. The number of carbonyl (C=O) groups excluding carboxylic acids is 1. The first-order valence-corrected chi connectivity index (χ1v) is 10.6. The van der Waals surface area contributed by atoms with Gasteiger partial charge in [-0.25, -0.2) is 14.8 Å². The van der Waals surface area contributed by atoms with Gasteiger partial charge < -0.3 is 9.90 Å². The summed E-state index contributed by atoms with van der Waals surface area (Å²) in [7, 11) is 2.97. The minimum absolute atomic E-state index is 0.167. The normalized spacial score (nSPS) is 16.0. The van der Waals surface area contributed by atoms with Gasteiger partial charge in [-0.05, 0) is 19.3 Å². The van der Waals surface area contributed by atoms with E-state index >= 15 is 0 Å². The summed E-state index contributed by atoms with van der Waals surface area (Å²) in [4.78, 5) is 46.0. The largest absolute Gasteiger partial charge is 0.549 e. The highest BCUT2D eigenvalue weighted by atomic mass is 32.2. The van der Waals surface area contributed by atoms with Gasteiger partial charge in [0.1, 0.15) is 16.2 Å². The van der Waals surface area contributed by atoms with Crippen LogP contribution in [0, 0.1) is 0 Å². The smallest absolute Gasteiger partial charge is 0.332 e. The van der Waals surface area contributed by atoms with Gasteiger partial charge in [0, 0.05) is 20.0 Å². The molecule has 1 aliphatic carbocycles. The topological polar surface area (TPSA) is 110 Å². The van der Waals surface area contributed by atoms with Crippen molar-refractivity contribution in [3.8, 4) is 0 Å². The second-order valence-electron chi connectivity index (χ2n) is 7.34. The molecule has 0 radical (unpaired) electrons. The summed E-state index contributed by atoms with van der Waals surface area (Å²) in [5.74, 6) is -0.419. The molecule has 152 valence electrons. The Hall–Kier alpha value is -2.16. The molecule has 2 aromatic rings. The Kier molecular flexibility index (Phi) is 6.22. The van der Waals surface area contributed by atoms with Crippen molar-refractivity contribution < 1.29 is 9.90 Å². The molecule has 1 fully saturated rings. The van der Waals surface area contributed by atoms with Gasteiger partial charge in [-0.1, -0.05) is 44.4 Å². The molecule has 0 unspecified atom stereocenters. The maximum Gasteiger partial charge on any atom is 0.332 e. The number of aromatic nitrogens is 4. The highest BCUT2D eigenvalue weighted by Gasteiger charge is 2.25. The molecule has 0 spiro atoms. The fraction of sp³-hybridized carbons (Fsp3) is 0.632. The van der Waals surface area contributed by atoms with Crippen molar-refractivity contribution in [1.29, 1.82) is 0 Å². The molecule has 1 atom stereocenters. The molecular formula is C19H25N4O4S-. The van der Waals surface area contributed by atoms with Gasteiger partial charge in [-0.15, -0.1) is 0 Å². The van der Waals surface area contributed by atoms with Crippen LogP contribution in [0.5, 0.6) is 0 Å². The van der Waals surface area contributed by atoms with E-state index in [4.69, 9.17) is 0 Å². The summed E-state index contributed by atoms with van der Waals surface area (Å²) in [5.41, 5.74) is -0.710. The second kappa shape index (κ2) is 8.46. The highest BCUT2D eigenvalue weighted by molar-refractivity contribution is 8.00. The number of aryl methyl sites for hydroxylation is 1. The third-order valence-electron chi connectivity index (χ3n) is 5.34. The summed E-state index contributed by atoms with van der Waals surface area (Å²) in [5, 5.41) is 11.4. The van der Waals surface area contributed by atoms with Crippen LogP contribution in [-0.2, 0) is 18.9 Å². The summed E-state index contributed by atoms with van der Waals surface area (Å²) in [6.45, 7) is 1.99. The zero-order valence-electron chi connectivity index (χ0n) is 16.4. The molecule has 2 aromatic heterocycles. The predicted molar refractivity (Wildman–Crippen MR) is 105 cm³/mol. The number of fused-ring (bicyclic) bond motifs is 1. The Bertz CT molecular complexity index is 1010. The Morgan fingerprint density at radius 1 is 1.21 bits per heavy atom. The molecule has 0 aromatic carbocycles. The maximum atomic E-state index is 12.8. The molecular weight excluding hydrogens is 380 g/mol. The van der Waals surface area contributed by atoms with Gasteiger partial charge >= 0.3 is 5.69 Å². The lowest BCUT2D eigenvalue weighted by Gasteiger charge is -2.19. The fourth-order valence-corrected chi connectivity index (χ4v) is 4.74. The monoisotopic (exact) mass is 405 g/mol. The van der Waals surface area contributed by atoms with Gasteiger partial charge in [0.25, 0.3) is 5.56 Å². The number of carbonyl (C=O) groups is 1. The van der Waals surface area contributed by atoms with Crippen molar-refractivity contribution in [1.82, 2.24) is 19.1 Å². The summed E-state index contributed by atoms with van der Waals surface area (Å²) >= 11 is 1.03. The van der Waals surface area contributed by atoms with Gasteiger partial charge in [-0.3, -0.25) is 13.9 Å². The first kappa shape index (κ1) is 20.6. The molecule has 1 aliphatic rings.